The van der Waals surface area contributed by atoms with Crippen LogP contribution in [0.15, 0.2) is 0 Å². The summed E-state index contributed by atoms with van der Waals surface area (Å²) in [5.41, 5.74) is 5.19. The highest BCUT2D eigenvalue weighted by molar-refractivity contribution is 5.85. The maximum atomic E-state index is 12.5. The number of ether oxygens (including phenoxy) is 1. The van der Waals surface area contributed by atoms with Crippen LogP contribution in [0.1, 0.15) is 39.0 Å². The Morgan fingerprint density at radius 3 is 2.82 bits per heavy atom. The van der Waals surface area contributed by atoms with Gasteiger partial charge in [0.1, 0.15) is 5.60 Å². The molecule has 1 aliphatic carbocycles. The molecule has 1 saturated heterocycles. The quantitative estimate of drug-likeness (QED) is 0.805. The highest BCUT2D eigenvalue weighted by Gasteiger charge is 2.43. The summed E-state index contributed by atoms with van der Waals surface area (Å²) < 4.78 is 5.63. The van der Waals surface area contributed by atoms with Gasteiger partial charge >= 0.3 is 0 Å². The second kappa shape index (κ2) is 4.94. The zero-order chi connectivity index (χ0) is 12.5. The first kappa shape index (κ1) is 12.8. The molecule has 1 amide bonds. The molecule has 1 aliphatic heterocycles. The molecule has 2 aliphatic rings. The number of hydrogen-bond acceptors (Lipinski definition) is 3. The molecule has 2 N–H and O–H groups in total. The SMILES string of the molecule is CN(C(=O)C1(C)CCCO1)C1CCCC1CN. The largest absolute Gasteiger partial charge is 0.365 e. The Morgan fingerprint density at radius 2 is 2.24 bits per heavy atom. The van der Waals surface area contributed by atoms with E-state index >= 15 is 0 Å². The second-order valence-electron chi connectivity index (χ2n) is 5.59. The van der Waals surface area contributed by atoms with Gasteiger partial charge in [0.25, 0.3) is 5.91 Å². The van der Waals surface area contributed by atoms with E-state index in [1.165, 1.54) is 6.42 Å². The van der Waals surface area contributed by atoms with E-state index in [1.54, 1.807) is 0 Å². The Morgan fingerprint density at radius 1 is 1.47 bits per heavy atom. The van der Waals surface area contributed by atoms with Crippen LogP contribution in [-0.2, 0) is 9.53 Å². The first-order valence-electron chi connectivity index (χ1n) is 6.70. The summed E-state index contributed by atoms with van der Waals surface area (Å²) in [5, 5.41) is 0. The standard InChI is InChI=1S/C13H24N2O2/c1-13(7-4-8-17-13)12(16)15(2)11-6-3-5-10(11)9-14/h10-11H,3-9,14H2,1-2H3. The number of amides is 1. The summed E-state index contributed by atoms with van der Waals surface area (Å²) in [4.78, 5) is 14.4. The summed E-state index contributed by atoms with van der Waals surface area (Å²) in [6, 6.07) is 0.313. The minimum atomic E-state index is -0.587. The molecule has 0 aromatic rings. The lowest BCUT2D eigenvalue weighted by molar-refractivity contribution is -0.152. The van der Waals surface area contributed by atoms with Gasteiger partial charge in [-0.1, -0.05) is 6.42 Å². The molecule has 0 spiro atoms. The Bertz CT molecular complexity index is 287. The van der Waals surface area contributed by atoms with Crippen molar-refractivity contribution in [1.82, 2.24) is 4.90 Å². The molecule has 0 radical (unpaired) electrons. The number of carbonyl (C=O) groups excluding carboxylic acids is 1. The summed E-state index contributed by atoms with van der Waals surface area (Å²) in [6.45, 7) is 3.31. The summed E-state index contributed by atoms with van der Waals surface area (Å²) in [5.74, 6) is 0.606. The molecule has 0 aromatic carbocycles. The van der Waals surface area contributed by atoms with Gasteiger partial charge in [0, 0.05) is 19.7 Å². The molecule has 1 saturated carbocycles. The predicted octanol–water partition coefficient (Wildman–Crippen LogP) is 1.14. The molecule has 4 nitrogen and oxygen atoms in total. The Labute approximate surface area is 103 Å². The molecule has 4 heteroatoms. The normalized spacial score (nSPS) is 37.4. The van der Waals surface area contributed by atoms with Gasteiger partial charge in [0.2, 0.25) is 0 Å². The predicted molar refractivity (Wildman–Crippen MR) is 66.5 cm³/mol. The van der Waals surface area contributed by atoms with Gasteiger partial charge in [-0.15, -0.1) is 0 Å². The Hall–Kier alpha value is -0.610. The number of likely N-dealkylation sites (N-methyl/N-ethyl adjacent to an activating group) is 1. The average molecular weight is 240 g/mol. The Balaban J connectivity index is 2.03. The molecule has 3 unspecified atom stereocenters. The highest BCUT2D eigenvalue weighted by Crippen LogP contribution is 2.33. The molecular formula is C13H24N2O2. The molecule has 98 valence electrons. The van der Waals surface area contributed by atoms with Crippen LogP contribution in [0.5, 0.6) is 0 Å². The molecule has 2 rings (SSSR count). The van der Waals surface area contributed by atoms with E-state index < -0.39 is 5.60 Å². The summed E-state index contributed by atoms with van der Waals surface area (Å²) in [7, 11) is 1.91. The van der Waals surface area contributed by atoms with Crippen molar-refractivity contribution in [2.75, 3.05) is 20.2 Å². The smallest absolute Gasteiger partial charge is 0.254 e. The van der Waals surface area contributed by atoms with Crippen molar-refractivity contribution in [3.05, 3.63) is 0 Å². The first-order chi connectivity index (χ1) is 8.08. The van der Waals surface area contributed by atoms with Crippen LogP contribution in [0.3, 0.4) is 0 Å². The summed E-state index contributed by atoms with van der Waals surface area (Å²) >= 11 is 0. The molecule has 3 atom stereocenters. The lowest BCUT2D eigenvalue weighted by atomic mass is 9.97. The van der Waals surface area contributed by atoms with Crippen LogP contribution in [0.2, 0.25) is 0 Å². The van der Waals surface area contributed by atoms with Crippen LogP contribution in [0, 0.1) is 5.92 Å². The highest BCUT2D eigenvalue weighted by atomic mass is 16.5. The lowest BCUT2D eigenvalue weighted by Crippen LogP contribution is -2.50. The van der Waals surface area contributed by atoms with Gasteiger partial charge in [-0.25, -0.2) is 0 Å². The van der Waals surface area contributed by atoms with E-state index in [-0.39, 0.29) is 5.91 Å². The third-order valence-corrected chi connectivity index (χ3v) is 4.41. The fraction of sp³-hybridized carbons (Fsp3) is 0.923. The second-order valence-corrected chi connectivity index (χ2v) is 5.59. The van der Waals surface area contributed by atoms with Crippen LogP contribution in [0.25, 0.3) is 0 Å². The number of hydrogen-bond donors (Lipinski definition) is 1. The molecule has 0 aromatic heterocycles. The van der Waals surface area contributed by atoms with Crippen molar-refractivity contribution in [1.29, 1.82) is 0 Å². The van der Waals surface area contributed by atoms with E-state index in [2.05, 4.69) is 0 Å². The van der Waals surface area contributed by atoms with Crippen molar-refractivity contribution in [3.8, 4) is 0 Å². The monoisotopic (exact) mass is 240 g/mol. The number of nitrogens with zero attached hydrogens (tertiary/aromatic N) is 1. The number of rotatable bonds is 3. The lowest BCUT2D eigenvalue weighted by Gasteiger charge is -2.34. The maximum Gasteiger partial charge on any atom is 0.254 e. The van der Waals surface area contributed by atoms with Gasteiger partial charge in [0.15, 0.2) is 0 Å². The van der Waals surface area contributed by atoms with Crippen molar-refractivity contribution >= 4 is 5.91 Å². The van der Waals surface area contributed by atoms with Crippen molar-refractivity contribution in [2.45, 2.75) is 50.7 Å². The average Bonchev–Trinajstić information content (AvgIpc) is 2.95. The van der Waals surface area contributed by atoms with E-state index in [4.69, 9.17) is 10.5 Å². The van der Waals surface area contributed by atoms with Gasteiger partial charge in [-0.3, -0.25) is 4.79 Å². The zero-order valence-corrected chi connectivity index (χ0v) is 10.9. The molecule has 17 heavy (non-hydrogen) atoms. The fourth-order valence-corrected chi connectivity index (χ4v) is 3.27. The Kier molecular flexibility index (Phi) is 3.73. The maximum absolute atomic E-state index is 12.5. The molecular weight excluding hydrogens is 216 g/mol. The third-order valence-electron chi connectivity index (χ3n) is 4.41. The summed E-state index contributed by atoms with van der Waals surface area (Å²) in [6.07, 6.45) is 5.25. The van der Waals surface area contributed by atoms with Gasteiger partial charge in [0.05, 0.1) is 0 Å². The van der Waals surface area contributed by atoms with E-state index in [1.807, 2.05) is 18.9 Å². The number of carbonyl (C=O) groups is 1. The molecule has 1 heterocycles. The van der Waals surface area contributed by atoms with Crippen molar-refractivity contribution in [3.63, 3.8) is 0 Å². The van der Waals surface area contributed by atoms with Crippen LogP contribution < -0.4 is 5.73 Å². The number of nitrogens with two attached hydrogens (primary N) is 1. The van der Waals surface area contributed by atoms with Crippen LogP contribution >= 0.6 is 0 Å². The minimum Gasteiger partial charge on any atom is -0.365 e. The van der Waals surface area contributed by atoms with Gasteiger partial charge < -0.3 is 15.4 Å². The van der Waals surface area contributed by atoms with Gasteiger partial charge in [-0.05, 0) is 45.1 Å². The topological polar surface area (TPSA) is 55.6 Å². The fourth-order valence-electron chi connectivity index (χ4n) is 3.27. The van der Waals surface area contributed by atoms with E-state index in [9.17, 15) is 4.79 Å². The first-order valence-corrected chi connectivity index (χ1v) is 6.70. The zero-order valence-electron chi connectivity index (χ0n) is 10.9. The van der Waals surface area contributed by atoms with Crippen molar-refractivity contribution in [2.24, 2.45) is 11.7 Å². The van der Waals surface area contributed by atoms with E-state index in [0.29, 0.717) is 25.1 Å². The van der Waals surface area contributed by atoms with Crippen LogP contribution in [-0.4, -0.2) is 42.6 Å². The minimum absolute atomic E-state index is 0.139. The van der Waals surface area contributed by atoms with E-state index in [0.717, 1.165) is 25.7 Å². The molecule has 0 bridgehead atoms. The third kappa shape index (κ3) is 2.33. The van der Waals surface area contributed by atoms with Gasteiger partial charge in [-0.2, -0.15) is 0 Å². The van der Waals surface area contributed by atoms with Crippen LogP contribution in [0.4, 0.5) is 0 Å². The molecule has 2 fully saturated rings. The van der Waals surface area contributed by atoms with Crippen molar-refractivity contribution < 1.29 is 9.53 Å².